The van der Waals surface area contributed by atoms with Gasteiger partial charge < -0.3 is 5.32 Å². The van der Waals surface area contributed by atoms with Crippen LogP contribution in [0.2, 0.25) is 15.1 Å². The van der Waals surface area contributed by atoms with Crippen LogP contribution >= 0.6 is 34.8 Å². The molecule has 4 heteroatoms. The van der Waals surface area contributed by atoms with E-state index >= 15 is 0 Å². The number of unbranched alkanes of at least 4 members (excludes halogenated alkanes) is 1. The van der Waals surface area contributed by atoms with E-state index in [1.165, 1.54) is 19.3 Å². The number of rotatable bonds is 6. The highest BCUT2D eigenvalue weighted by atomic mass is 35.5. The van der Waals surface area contributed by atoms with Crippen LogP contribution in [0.1, 0.15) is 51.6 Å². The molecule has 1 aromatic carbocycles. The molecule has 0 saturated carbocycles. The van der Waals surface area contributed by atoms with Crippen molar-refractivity contribution in [2.75, 3.05) is 0 Å². The summed E-state index contributed by atoms with van der Waals surface area (Å²) in [6.45, 7) is 6.48. The van der Waals surface area contributed by atoms with Crippen molar-refractivity contribution < 1.29 is 0 Å². The summed E-state index contributed by atoms with van der Waals surface area (Å²) in [6, 6.07) is 4.35. The summed E-state index contributed by atoms with van der Waals surface area (Å²) >= 11 is 18.2. The maximum absolute atomic E-state index is 6.22. The van der Waals surface area contributed by atoms with E-state index in [9.17, 15) is 0 Å². The minimum absolute atomic E-state index is 0.166. The fourth-order valence-electron chi connectivity index (χ4n) is 1.99. The van der Waals surface area contributed by atoms with Gasteiger partial charge >= 0.3 is 0 Å². The smallest absolute Gasteiger partial charge is 0.0781 e. The van der Waals surface area contributed by atoms with Gasteiger partial charge in [0.25, 0.3) is 0 Å². The first-order chi connectivity index (χ1) is 8.47. The van der Waals surface area contributed by atoms with Crippen LogP contribution in [0.25, 0.3) is 0 Å². The quantitative estimate of drug-likeness (QED) is 0.647. The van der Waals surface area contributed by atoms with Gasteiger partial charge in [-0.15, -0.1) is 0 Å². The molecule has 0 aliphatic carbocycles. The van der Waals surface area contributed by atoms with E-state index in [4.69, 9.17) is 34.8 Å². The Bertz CT molecular complexity index is 393. The van der Waals surface area contributed by atoms with Gasteiger partial charge in [-0.3, -0.25) is 0 Å². The lowest BCUT2D eigenvalue weighted by Gasteiger charge is -2.21. The van der Waals surface area contributed by atoms with Gasteiger partial charge in [0.1, 0.15) is 0 Å². The first-order valence-electron chi connectivity index (χ1n) is 6.36. The molecule has 18 heavy (non-hydrogen) atoms. The fourth-order valence-corrected chi connectivity index (χ4v) is 2.69. The van der Waals surface area contributed by atoms with Gasteiger partial charge in [-0.1, -0.05) is 60.6 Å². The molecule has 0 saturated heterocycles. The Labute approximate surface area is 125 Å². The Kier molecular flexibility index (Phi) is 6.79. The first kappa shape index (κ1) is 16.1. The van der Waals surface area contributed by atoms with E-state index in [-0.39, 0.29) is 6.04 Å². The van der Waals surface area contributed by atoms with E-state index in [1.54, 1.807) is 6.07 Å². The second-order valence-electron chi connectivity index (χ2n) is 4.70. The molecule has 1 rings (SSSR count). The molecule has 1 N–H and O–H groups in total. The molecule has 0 heterocycles. The van der Waals surface area contributed by atoms with Crippen LogP contribution < -0.4 is 5.32 Å². The van der Waals surface area contributed by atoms with Crippen molar-refractivity contribution in [1.29, 1.82) is 0 Å². The van der Waals surface area contributed by atoms with Crippen LogP contribution in [0.3, 0.4) is 0 Å². The minimum atomic E-state index is 0.166. The summed E-state index contributed by atoms with van der Waals surface area (Å²) in [4.78, 5) is 0. The second-order valence-corrected chi connectivity index (χ2v) is 5.86. The van der Waals surface area contributed by atoms with Crippen molar-refractivity contribution in [3.8, 4) is 0 Å². The van der Waals surface area contributed by atoms with Gasteiger partial charge in [-0.25, -0.2) is 0 Å². The van der Waals surface area contributed by atoms with Crippen molar-refractivity contribution >= 4 is 34.8 Å². The van der Waals surface area contributed by atoms with Crippen LogP contribution in [0, 0.1) is 0 Å². The van der Waals surface area contributed by atoms with E-state index in [0.717, 1.165) is 5.56 Å². The Morgan fingerprint density at radius 3 is 2.39 bits per heavy atom. The highest BCUT2D eigenvalue weighted by molar-refractivity contribution is 6.48. The van der Waals surface area contributed by atoms with Crippen molar-refractivity contribution in [3.63, 3.8) is 0 Å². The lowest BCUT2D eigenvalue weighted by molar-refractivity contribution is 0.444. The molecule has 0 radical (unpaired) electrons. The number of nitrogens with one attached hydrogen (secondary N) is 1. The van der Waals surface area contributed by atoms with Crippen LogP contribution in [-0.2, 0) is 0 Å². The highest BCUT2D eigenvalue weighted by Gasteiger charge is 2.15. The highest BCUT2D eigenvalue weighted by Crippen LogP contribution is 2.35. The molecule has 0 aromatic heterocycles. The Balaban J connectivity index is 2.72. The fraction of sp³-hybridized carbons (Fsp3) is 0.571. The molecule has 0 bridgehead atoms. The summed E-state index contributed by atoms with van der Waals surface area (Å²) in [5.41, 5.74) is 0.995. The molecule has 0 aliphatic heterocycles. The lowest BCUT2D eigenvalue weighted by atomic mass is 10.1. The van der Waals surface area contributed by atoms with Crippen LogP contribution in [0.4, 0.5) is 0 Å². The second kappa shape index (κ2) is 7.59. The Morgan fingerprint density at radius 2 is 1.78 bits per heavy atom. The first-order valence-corrected chi connectivity index (χ1v) is 7.50. The van der Waals surface area contributed by atoms with Gasteiger partial charge in [-0.05, 0) is 31.9 Å². The summed E-state index contributed by atoms with van der Waals surface area (Å²) in [5, 5.41) is 5.01. The van der Waals surface area contributed by atoms with Gasteiger partial charge in [-0.2, -0.15) is 0 Å². The molecular weight excluding hydrogens is 289 g/mol. The Hall–Kier alpha value is 0.0500. The normalized spacial score (nSPS) is 14.6. The average molecular weight is 309 g/mol. The maximum Gasteiger partial charge on any atom is 0.0781 e. The van der Waals surface area contributed by atoms with Crippen LogP contribution in [0.15, 0.2) is 12.1 Å². The predicted octanol–water partition coefficient (Wildman–Crippen LogP) is 5.88. The monoisotopic (exact) mass is 307 g/mol. The molecule has 0 spiro atoms. The third-order valence-electron chi connectivity index (χ3n) is 3.06. The summed E-state index contributed by atoms with van der Waals surface area (Å²) in [5.74, 6) is 0. The molecular formula is C14H20Cl3N. The molecule has 102 valence electrons. The zero-order valence-electron chi connectivity index (χ0n) is 11.1. The number of hydrogen-bond acceptors (Lipinski definition) is 1. The molecule has 1 aromatic rings. The number of benzene rings is 1. The van der Waals surface area contributed by atoms with Gasteiger partial charge in [0.05, 0.1) is 15.1 Å². The van der Waals surface area contributed by atoms with Crippen molar-refractivity contribution in [2.24, 2.45) is 0 Å². The average Bonchev–Trinajstić information content (AvgIpc) is 2.33. The van der Waals surface area contributed by atoms with Crippen molar-refractivity contribution in [2.45, 2.75) is 52.1 Å². The summed E-state index contributed by atoms with van der Waals surface area (Å²) in [7, 11) is 0. The third kappa shape index (κ3) is 4.31. The number of hydrogen-bond donors (Lipinski definition) is 1. The summed E-state index contributed by atoms with van der Waals surface area (Å²) in [6.07, 6.45) is 3.61. The molecule has 0 fully saturated rings. The van der Waals surface area contributed by atoms with E-state index < -0.39 is 0 Å². The summed E-state index contributed by atoms with van der Waals surface area (Å²) < 4.78 is 0. The van der Waals surface area contributed by atoms with Gasteiger partial charge in [0, 0.05) is 12.1 Å². The molecule has 0 aliphatic rings. The standard InChI is InChI=1S/C14H20Cl3N/c1-4-5-6-9(2)18-10(3)11-7-8-12(15)14(17)13(11)16/h7-10,18H,4-6H2,1-3H3. The van der Waals surface area contributed by atoms with Gasteiger partial charge in [0.15, 0.2) is 0 Å². The molecule has 2 atom stereocenters. The van der Waals surface area contributed by atoms with E-state index in [0.29, 0.717) is 21.1 Å². The topological polar surface area (TPSA) is 12.0 Å². The third-order valence-corrected chi connectivity index (χ3v) is 4.36. The lowest BCUT2D eigenvalue weighted by Crippen LogP contribution is -2.29. The maximum atomic E-state index is 6.22. The van der Waals surface area contributed by atoms with E-state index in [2.05, 4.69) is 26.1 Å². The van der Waals surface area contributed by atoms with Crippen LogP contribution in [-0.4, -0.2) is 6.04 Å². The van der Waals surface area contributed by atoms with Gasteiger partial charge in [0.2, 0.25) is 0 Å². The van der Waals surface area contributed by atoms with Crippen LogP contribution in [0.5, 0.6) is 0 Å². The number of halogens is 3. The van der Waals surface area contributed by atoms with Crippen molar-refractivity contribution in [1.82, 2.24) is 5.32 Å². The zero-order valence-corrected chi connectivity index (χ0v) is 13.3. The predicted molar refractivity (Wildman–Crippen MR) is 82.0 cm³/mol. The SMILES string of the molecule is CCCCC(C)NC(C)c1ccc(Cl)c(Cl)c1Cl. The van der Waals surface area contributed by atoms with Crippen molar-refractivity contribution in [3.05, 3.63) is 32.8 Å². The van der Waals surface area contributed by atoms with E-state index in [1.807, 2.05) is 6.07 Å². The molecule has 1 nitrogen and oxygen atoms in total. The minimum Gasteiger partial charge on any atom is -0.308 e. The zero-order chi connectivity index (χ0) is 13.7. The Morgan fingerprint density at radius 1 is 1.11 bits per heavy atom. The largest absolute Gasteiger partial charge is 0.308 e. The molecule has 0 amide bonds. The molecule has 2 unspecified atom stereocenters.